The van der Waals surface area contributed by atoms with E-state index in [0.29, 0.717) is 14.9 Å². The molecule has 31 heavy (non-hydrogen) atoms. The lowest BCUT2D eigenvalue weighted by atomic mass is 10.1. The molecule has 1 fully saturated rings. The summed E-state index contributed by atoms with van der Waals surface area (Å²) in [4.78, 5) is 9.97. The van der Waals surface area contributed by atoms with Crippen molar-refractivity contribution in [1.82, 2.24) is 9.80 Å². The molecule has 1 heterocycles. The Morgan fingerprint density at radius 3 is 2.19 bits per heavy atom. The van der Waals surface area contributed by atoms with E-state index in [9.17, 15) is 0 Å². The molecule has 170 valence electrons. The lowest BCUT2D eigenvalue weighted by molar-refractivity contribution is 0.129. The van der Waals surface area contributed by atoms with Crippen molar-refractivity contribution in [3.63, 3.8) is 0 Å². The van der Waals surface area contributed by atoms with Crippen LogP contribution in [0.2, 0.25) is 10.0 Å². The van der Waals surface area contributed by atoms with Crippen LogP contribution in [0.4, 0.5) is 5.69 Å². The van der Waals surface area contributed by atoms with E-state index in [4.69, 9.17) is 23.2 Å². The highest BCUT2D eigenvalue weighted by Crippen LogP contribution is 2.23. The number of alkyl halides is 1. The highest BCUT2D eigenvalue weighted by Gasteiger charge is 2.18. The summed E-state index contributed by atoms with van der Waals surface area (Å²) in [6.45, 7) is 17.0. The summed E-state index contributed by atoms with van der Waals surface area (Å²) < 4.78 is 0. The third-order valence-electron chi connectivity index (χ3n) is 5.07. The minimum absolute atomic E-state index is 0.564. The van der Waals surface area contributed by atoms with Gasteiger partial charge in [-0.2, -0.15) is 0 Å². The lowest BCUT2D eigenvalue weighted by Gasteiger charge is -2.35. The number of benzene rings is 2. The van der Waals surface area contributed by atoms with Gasteiger partial charge in [-0.1, -0.05) is 64.3 Å². The van der Waals surface area contributed by atoms with E-state index in [-0.39, 0.29) is 0 Å². The van der Waals surface area contributed by atoms with E-state index in [1.165, 1.54) is 16.7 Å². The van der Waals surface area contributed by atoms with Crippen LogP contribution in [0.15, 0.2) is 41.4 Å². The topological polar surface area (TPSA) is 18.8 Å². The van der Waals surface area contributed by atoms with Crippen molar-refractivity contribution in [3.8, 4) is 0 Å². The Hall–Kier alpha value is -0.910. The molecule has 6 heteroatoms. The van der Waals surface area contributed by atoms with Crippen LogP contribution in [-0.4, -0.2) is 53.1 Å². The maximum absolute atomic E-state index is 6.05. The molecule has 0 amide bonds. The first kappa shape index (κ1) is 26.3. The zero-order valence-electron chi connectivity index (χ0n) is 19.3. The Morgan fingerprint density at radius 2 is 1.61 bits per heavy atom. The molecular weight excluding hydrogens is 493 g/mol. The van der Waals surface area contributed by atoms with E-state index in [2.05, 4.69) is 75.8 Å². The van der Waals surface area contributed by atoms with E-state index in [0.717, 1.165) is 50.7 Å². The Kier molecular flexibility index (Phi) is 11.0. The highest BCUT2D eigenvalue weighted by molar-refractivity contribution is 9.09. The highest BCUT2D eigenvalue weighted by atomic mass is 79.9. The second-order valence-corrected chi connectivity index (χ2v) is 10.8. The van der Waals surface area contributed by atoms with Gasteiger partial charge in [-0.05, 0) is 62.6 Å². The molecule has 0 aromatic heterocycles. The third kappa shape index (κ3) is 9.63. The molecule has 1 saturated heterocycles. The molecule has 0 bridgehead atoms. The average Bonchev–Trinajstić information content (AvgIpc) is 2.69. The van der Waals surface area contributed by atoms with Crippen molar-refractivity contribution in [1.29, 1.82) is 0 Å². The molecule has 0 aliphatic carbocycles. The number of hydrogen-bond donors (Lipinski definition) is 0. The SMILES string of the molecule is CC(Br)CN1CCN(Cc2ccc(Cl)c(Cl)c2)CC1.CC(C)=Nc1cc(C)ccc1C. The Bertz CT molecular complexity index is 871. The van der Waals surface area contributed by atoms with Crippen molar-refractivity contribution < 1.29 is 0 Å². The monoisotopic (exact) mass is 525 g/mol. The normalized spacial score (nSPS) is 15.7. The molecule has 0 N–H and O–H groups in total. The van der Waals surface area contributed by atoms with Gasteiger partial charge in [0.15, 0.2) is 0 Å². The van der Waals surface area contributed by atoms with Crippen molar-refractivity contribution in [2.75, 3.05) is 32.7 Å². The van der Waals surface area contributed by atoms with E-state index >= 15 is 0 Å². The summed E-state index contributed by atoms with van der Waals surface area (Å²) in [6.07, 6.45) is 0. The van der Waals surface area contributed by atoms with Crippen LogP contribution in [0.3, 0.4) is 0 Å². The number of piperazine rings is 1. The Labute approximate surface area is 206 Å². The zero-order valence-corrected chi connectivity index (χ0v) is 22.4. The van der Waals surface area contributed by atoms with Gasteiger partial charge in [0, 0.05) is 49.8 Å². The summed E-state index contributed by atoms with van der Waals surface area (Å²) in [5.74, 6) is 0. The zero-order chi connectivity index (χ0) is 23.0. The van der Waals surface area contributed by atoms with Gasteiger partial charge < -0.3 is 0 Å². The number of aliphatic imine (C=N–C) groups is 1. The van der Waals surface area contributed by atoms with Crippen molar-refractivity contribution in [2.24, 2.45) is 4.99 Å². The van der Waals surface area contributed by atoms with E-state index in [1.807, 2.05) is 26.0 Å². The van der Waals surface area contributed by atoms with Crippen molar-refractivity contribution in [2.45, 2.75) is 46.0 Å². The van der Waals surface area contributed by atoms with Gasteiger partial charge in [-0.15, -0.1) is 0 Å². The van der Waals surface area contributed by atoms with Gasteiger partial charge in [-0.25, -0.2) is 0 Å². The van der Waals surface area contributed by atoms with Gasteiger partial charge in [-0.3, -0.25) is 14.8 Å². The fourth-order valence-electron chi connectivity index (χ4n) is 3.46. The summed E-state index contributed by atoms with van der Waals surface area (Å²) in [7, 11) is 0. The molecule has 0 saturated carbocycles. The fourth-order valence-corrected chi connectivity index (χ4v) is 4.19. The molecule has 1 aliphatic heterocycles. The Morgan fingerprint density at radius 1 is 0.968 bits per heavy atom. The van der Waals surface area contributed by atoms with E-state index < -0.39 is 0 Å². The van der Waals surface area contributed by atoms with Gasteiger partial charge in [0.2, 0.25) is 0 Å². The molecule has 2 aromatic carbocycles. The first-order chi connectivity index (χ1) is 14.6. The maximum Gasteiger partial charge on any atom is 0.0660 e. The van der Waals surface area contributed by atoms with Crippen LogP contribution < -0.4 is 0 Å². The van der Waals surface area contributed by atoms with Crippen LogP contribution in [0.5, 0.6) is 0 Å². The van der Waals surface area contributed by atoms with Crippen LogP contribution in [0, 0.1) is 13.8 Å². The summed E-state index contributed by atoms with van der Waals surface area (Å²) in [5, 5.41) is 1.27. The van der Waals surface area contributed by atoms with Crippen molar-refractivity contribution >= 4 is 50.5 Å². The number of hydrogen-bond acceptors (Lipinski definition) is 3. The second-order valence-electron chi connectivity index (χ2n) is 8.45. The summed E-state index contributed by atoms with van der Waals surface area (Å²) in [5.41, 5.74) is 5.93. The number of rotatable bonds is 5. The first-order valence-electron chi connectivity index (χ1n) is 10.8. The quantitative estimate of drug-likeness (QED) is 0.300. The van der Waals surface area contributed by atoms with E-state index in [1.54, 1.807) is 0 Å². The van der Waals surface area contributed by atoms with Gasteiger partial charge in [0.1, 0.15) is 0 Å². The summed E-state index contributed by atoms with van der Waals surface area (Å²) >= 11 is 15.6. The first-order valence-corrected chi connectivity index (χ1v) is 12.4. The maximum atomic E-state index is 6.05. The summed E-state index contributed by atoms with van der Waals surface area (Å²) in [6, 6.07) is 12.2. The predicted octanol–water partition coefficient (Wildman–Crippen LogP) is 7.31. The number of aryl methyl sites for hydroxylation is 2. The standard InChI is InChI=1S/C14H19BrCl2N2.C11H15N/c1-11(15)9-18-4-6-19(7-5-18)10-12-2-3-13(16)14(17)8-12;1-8(2)12-11-7-9(3)5-6-10(11)4/h2-3,8,11H,4-7,9-10H2,1H3;5-7H,1-4H3. The molecule has 0 radical (unpaired) electrons. The van der Waals surface area contributed by atoms with Crippen LogP contribution in [0.1, 0.15) is 37.5 Å². The van der Waals surface area contributed by atoms with Crippen LogP contribution in [-0.2, 0) is 6.54 Å². The van der Waals surface area contributed by atoms with Crippen molar-refractivity contribution in [3.05, 3.63) is 63.1 Å². The Balaban J connectivity index is 0.000000245. The number of nitrogens with zero attached hydrogens (tertiary/aromatic N) is 3. The molecule has 1 unspecified atom stereocenters. The van der Waals surface area contributed by atoms with Gasteiger partial charge >= 0.3 is 0 Å². The fraction of sp³-hybridized carbons (Fsp3) is 0.480. The molecule has 3 rings (SSSR count). The lowest BCUT2D eigenvalue weighted by Crippen LogP contribution is -2.47. The predicted molar refractivity (Wildman–Crippen MR) is 141 cm³/mol. The second kappa shape index (κ2) is 13.0. The molecule has 1 atom stereocenters. The van der Waals surface area contributed by atoms with Gasteiger partial charge in [0.25, 0.3) is 0 Å². The number of halogens is 3. The molecule has 0 spiro atoms. The minimum Gasteiger partial charge on any atom is -0.300 e. The smallest absolute Gasteiger partial charge is 0.0660 e. The van der Waals surface area contributed by atoms with Crippen LogP contribution in [0.25, 0.3) is 0 Å². The largest absolute Gasteiger partial charge is 0.300 e. The molecule has 3 nitrogen and oxygen atoms in total. The minimum atomic E-state index is 0.564. The molecule has 1 aliphatic rings. The van der Waals surface area contributed by atoms with Crippen LogP contribution >= 0.6 is 39.1 Å². The van der Waals surface area contributed by atoms with Gasteiger partial charge in [0.05, 0.1) is 15.7 Å². The third-order valence-corrected chi connectivity index (χ3v) is 6.10. The molecular formula is C25H34BrCl2N3. The average molecular weight is 527 g/mol. The molecule has 2 aromatic rings.